The second-order valence-corrected chi connectivity index (χ2v) is 11.1. The molecule has 33 heavy (non-hydrogen) atoms. The van der Waals surface area contributed by atoms with Gasteiger partial charge in [-0.25, -0.2) is 0 Å². The number of nitrogens with one attached hydrogen (secondary N) is 2. The Kier molecular flexibility index (Phi) is 7.63. The number of rotatable bonds is 6. The Morgan fingerprint density at radius 2 is 1.70 bits per heavy atom. The number of likely N-dealkylation sites (tertiary alicyclic amines) is 1. The van der Waals surface area contributed by atoms with Crippen LogP contribution in [0.25, 0.3) is 0 Å². The van der Waals surface area contributed by atoms with E-state index in [1.54, 1.807) is 0 Å². The maximum atomic E-state index is 13.5. The molecule has 6 atom stereocenters. The molecule has 7 heteroatoms. The first-order valence-electron chi connectivity index (χ1n) is 13.0. The van der Waals surface area contributed by atoms with Gasteiger partial charge in [-0.05, 0) is 82.5 Å². The molecule has 3 aliphatic carbocycles. The molecule has 6 unspecified atom stereocenters. The van der Waals surface area contributed by atoms with Crippen LogP contribution in [0.15, 0.2) is 0 Å². The minimum atomic E-state index is -0.179. The van der Waals surface area contributed by atoms with Crippen LogP contribution < -0.4 is 16.8 Å². The van der Waals surface area contributed by atoms with E-state index in [4.69, 9.17) is 23.3 Å². The van der Waals surface area contributed by atoms with Gasteiger partial charge in [0.25, 0.3) is 0 Å². The molecule has 1 saturated heterocycles. The number of primary amides is 1. The number of nitrogens with two attached hydrogens (primary N) is 2. The number of carbonyl (C=O) groups excluding carboxylic acids is 2. The van der Waals surface area contributed by atoms with Crippen molar-refractivity contribution in [1.29, 1.82) is 5.41 Å². The Bertz CT molecular complexity index is 784. The number of carbonyl (C=O) groups is 2. The lowest BCUT2D eigenvalue weighted by Gasteiger charge is -2.40. The van der Waals surface area contributed by atoms with Crippen molar-refractivity contribution in [2.24, 2.45) is 41.1 Å². The number of amidine groups is 1. The number of fused-ring (bicyclic) bond motifs is 1. The van der Waals surface area contributed by atoms with Gasteiger partial charge in [0.2, 0.25) is 11.8 Å². The lowest BCUT2D eigenvalue weighted by molar-refractivity contribution is -0.127. The number of hydrogen-bond acceptors (Lipinski definition) is 4. The number of amides is 2. The van der Waals surface area contributed by atoms with Gasteiger partial charge in [0.15, 0.2) is 0 Å². The first kappa shape index (κ1) is 24.1. The lowest BCUT2D eigenvalue weighted by atomic mass is 9.77. The summed E-state index contributed by atoms with van der Waals surface area (Å²) in [5.74, 6) is 4.49. The van der Waals surface area contributed by atoms with E-state index in [1.807, 2.05) is 0 Å². The molecule has 0 radical (unpaired) electrons. The predicted octanol–water partition coefficient (Wildman–Crippen LogP) is 2.38. The highest BCUT2D eigenvalue weighted by Gasteiger charge is 2.48. The Labute approximate surface area is 198 Å². The zero-order chi connectivity index (χ0) is 23.5. The van der Waals surface area contributed by atoms with E-state index >= 15 is 0 Å². The molecule has 7 nitrogen and oxygen atoms in total. The van der Waals surface area contributed by atoms with Gasteiger partial charge in [-0.3, -0.25) is 19.9 Å². The van der Waals surface area contributed by atoms with Crippen molar-refractivity contribution in [3.8, 4) is 12.3 Å². The molecule has 1 aliphatic heterocycles. The van der Waals surface area contributed by atoms with Crippen molar-refractivity contribution < 1.29 is 9.59 Å². The number of hydrogen-bond donors (Lipinski definition) is 4. The summed E-state index contributed by atoms with van der Waals surface area (Å²) in [5.41, 5.74) is 11.4. The van der Waals surface area contributed by atoms with Gasteiger partial charge in [-0.2, -0.15) is 0 Å². The quantitative estimate of drug-likeness (QED) is 0.279. The molecule has 4 aliphatic rings. The Hall–Kier alpha value is -2.07. The van der Waals surface area contributed by atoms with Crippen LogP contribution >= 0.6 is 0 Å². The van der Waals surface area contributed by atoms with Crippen molar-refractivity contribution in [3.05, 3.63) is 0 Å². The minimum absolute atomic E-state index is 0.00107. The van der Waals surface area contributed by atoms with Crippen LogP contribution in [-0.2, 0) is 9.59 Å². The summed E-state index contributed by atoms with van der Waals surface area (Å²) in [6.45, 7) is 0.882. The third kappa shape index (κ3) is 5.54. The van der Waals surface area contributed by atoms with Crippen LogP contribution in [0.4, 0.5) is 0 Å². The topological polar surface area (TPSA) is 125 Å². The summed E-state index contributed by atoms with van der Waals surface area (Å²) >= 11 is 0. The zero-order valence-corrected chi connectivity index (χ0v) is 19.8. The molecule has 6 N–H and O–H groups in total. The van der Waals surface area contributed by atoms with Gasteiger partial charge in [0, 0.05) is 36.4 Å². The van der Waals surface area contributed by atoms with E-state index < -0.39 is 0 Å². The van der Waals surface area contributed by atoms with Gasteiger partial charge in [0.1, 0.15) is 0 Å². The maximum absolute atomic E-state index is 13.5. The second-order valence-electron chi connectivity index (χ2n) is 11.1. The van der Waals surface area contributed by atoms with E-state index in [1.165, 1.54) is 0 Å². The molecule has 4 rings (SSSR count). The molecule has 2 amide bonds. The normalized spacial score (nSPS) is 39.2. The van der Waals surface area contributed by atoms with E-state index in [2.05, 4.69) is 16.1 Å². The number of terminal acetylenes is 1. The highest BCUT2D eigenvalue weighted by molar-refractivity contribution is 5.83. The van der Waals surface area contributed by atoms with Gasteiger partial charge >= 0.3 is 0 Å². The molecular formula is C26H41N5O2. The summed E-state index contributed by atoms with van der Waals surface area (Å²) in [6.07, 6.45) is 17.1. The van der Waals surface area contributed by atoms with Crippen LogP contribution in [0, 0.1) is 47.3 Å². The summed E-state index contributed by atoms with van der Waals surface area (Å²) in [7, 11) is 0. The van der Waals surface area contributed by atoms with Crippen LogP contribution in [-0.4, -0.2) is 47.2 Å². The predicted molar refractivity (Wildman–Crippen MR) is 129 cm³/mol. The standard InChI is InChI=1S/C26H41N5O2/c1-2-16-4-3-5-21(12-16)30-26(33)23-13-19-10-11-20(24(27)28)14-22(19)31(23)15-17-6-8-18(9-7-17)25(29)32/h1,16-23H,3-15H2,(H3,27,28)(H2,29,32)(H,30,33). The molecule has 4 fully saturated rings. The Morgan fingerprint density at radius 1 is 0.970 bits per heavy atom. The molecule has 0 aromatic heterocycles. The van der Waals surface area contributed by atoms with Crippen molar-refractivity contribution in [2.45, 2.75) is 95.2 Å². The maximum Gasteiger partial charge on any atom is 0.237 e. The Balaban J connectivity index is 1.45. The van der Waals surface area contributed by atoms with Crippen molar-refractivity contribution >= 4 is 17.6 Å². The van der Waals surface area contributed by atoms with Crippen LogP contribution in [0.3, 0.4) is 0 Å². The van der Waals surface area contributed by atoms with Gasteiger partial charge in [0.05, 0.1) is 11.9 Å². The van der Waals surface area contributed by atoms with Gasteiger partial charge in [-0.1, -0.05) is 6.42 Å². The molecule has 0 bridgehead atoms. The van der Waals surface area contributed by atoms with Crippen molar-refractivity contribution in [1.82, 2.24) is 10.2 Å². The van der Waals surface area contributed by atoms with Crippen molar-refractivity contribution in [3.63, 3.8) is 0 Å². The third-order valence-electron chi connectivity index (χ3n) is 9.03. The highest BCUT2D eigenvalue weighted by Crippen LogP contribution is 2.43. The molecule has 0 aromatic carbocycles. The summed E-state index contributed by atoms with van der Waals surface area (Å²) in [4.78, 5) is 27.6. The fraction of sp³-hybridized carbons (Fsp3) is 0.808. The first-order valence-corrected chi connectivity index (χ1v) is 13.0. The molecule has 0 aromatic rings. The summed E-state index contributed by atoms with van der Waals surface area (Å²) in [5, 5.41) is 11.3. The van der Waals surface area contributed by atoms with Gasteiger partial charge in [-0.15, -0.1) is 12.3 Å². The second kappa shape index (κ2) is 10.5. The van der Waals surface area contributed by atoms with Crippen molar-refractivity contribution in [2.75, 3.05) is 6.54 Å². The average molecular weight is 456 g/mol. The lowest BCUT2D eigenvalue weighted by Crippen LogP contribution is -2.52. The SMILES string of the molecule is C#CC1CCCC(NC(=O)C2CC3CCC(C(=N)N)CC3N2CC2CCC(C(N)=O)CC2)C1. The third-order valence-corrected chi connectivity index (χ3v) is 9.03. The minimum Gasteiger partial charge on any atom is -0.387 e. The average Bonchev–Trinajstić information content (AvgIpc) is 3.17. The van der Waals surface area contributed by atoms with E-state index in [9.17, 15) is 9.59 Å². The fourth-order valence-electron chi connectivity index (χ4n) is 7.04. The van der Waals surface area contributed by atoms with Crippen LogP contribution in [0.1, 0.15) is 77.0 Å². The van der Waals surface area contributed by atoms with Gasteiger partial charge < -0.3 is 16.8 Å². The smallest absolute Gasteiger partial charge is 0.237 e. The number of nitrogens with zero attached hydrogens (tertiary/aromatic N) is 1. The molecular weight excluding hydrogens is 414 g/mol. The summed E-state index contributed by atoms with van der Waals surface area (Å²) < 4.78 is 0. The van der Waals surface area contributed by atoms with E-state index in [-0.39, 0.29) is 47.5 Å². The van der Waals surface area contributed by atoms with Crippen LogP contribution in [0.2, 0.25) is 0 Å². The molecule has 182 valence electrons. The highest BCUT2D eigenvalue weighted by atomic mass is 16.2. The van der Waals surface area contributed by atoms with E-state index in [0.29, 0.717) is 17.9 Å². The molecule has 0 spiro atoms. The summed E-state index contributed by atoms with van der Waals surface area (Å²) in [6, 6.07) is 0.362. The first-order chi connectivity index (χ1) is 15.9. The van der Waals surface area contributed by atoms with Crippen LogP contribution in [0.5, 0.6) is 0 Å². The molecule has 1 heterocycles. The fourth-order valence-corrected chi connectivity index (χ4v) is 7.04. The Morgan fingerprint density at radius 3 is 2.36 bits per heavy atom. The molecule has 3 saturated carbocycles. The van der Waals surface area contributed by atoms with E-state index in [0.717, 1.165) is 83.6 Å². The largest absolute Gasteiger partial charge is 0.387 e. The zero-order valence-electron chi connectivity index (χ0n) is 19.8. The monoisotopic (exact) mass is 455 g/mol.